The standard InChI is InChI=1S/C11H17N3O4/c1-17-8-7-14(6-4-10(15)18-2)11(16)9-3-5-12-13-9/h3,5H,4,6-8H2,1-2H3,(H,12,13). The molecule has 0 aliphatic carbocycles. The smallest absolute Gasteiger partial charge is 0.307 e. The molecule has 1 amide bonds. The van der Waals surface area contributed by atoms with Crippen LogP contribution in [0, 0.1) is 0 Å². The first-order chi connectivity index (χ1) is 8.69. The number of rotatable bonds is 7. The molecule has 0 saturated heterocycles. The Bertz CT molecular complexity index is 378. The SMILES string of the molecule is COCCN(CCC(=O)OC)C(=O)c1ccn[nH]1. The molecule has 1 aromatic rings. The van der Waals surface area contributed by atoms with E-state index >= 15 is 0 Å². The van der Waals surface area contributed by atoms with E-state index in [1.165, 1.54) is 18.2 Å². The molecule has 0 aliphatic heterocycles. The lowest BCUT2D eigenvalue weighted by molar-refractivity contribution is -0.140. The average Bonchev–Trinajstić information content (AvgIpc) is 2.91. The van der Waals surface area contributed by atoms with E-state index < -0.39 is 0 Å². The number of hydrogen-bond acceptors (Lipinski definition) is 5. The van der Waals surface area contributed by atoms with Crippen molar-refractivity contribution in [1.82, 2.24) is 15.1 Å². The average molecular weight is 255 g/mol. The summed E-state index contributed by atoms with van der Waals surface area (Å²) in [5.74, 6) is -0.566. The van der Waals surface area contributed by atoms with E-state index in [2.05, 4.69) is 14.9 Å². The third-order valence-corrected chi connectivity index (χ3v) is 2.40. The predicted molar refractivity (Wildman–Crippen MR) is 63.0 cm³/mol. The number of carbonyl (C=O) groups excluding carboxylic acids is 2. The predicted octanol–water partition coefficient (Wildman–Crippen LogP) is 0.0614. The summed E-state index contributed by atoms with van der Waals surface area (Å²) < 4.78 is 9.48. The highest BCUT2D eigenvalue weighted by atomic mass is 16.5. The number of amides is 1. The topological polar surface area (TPSA) is 84.5 Å². The van der Waals surface area contributed by atoms with Gasteiger partial charge in [0, 0.05) is 26.4 Å². The Kier molecular flexibility index (Phi) is 5.86. The molecular formula is C11H17N3O4. The minimum atomic E-state index is -0.352. The van der Waals surface area contributed by atoms with Crippen LogP contribution in [0.2, 0.25) is 0 Å². The van der Waals surface area contributed by atoms with Crippen LogP contribution in [0.4, 0.5) is 0 Å². The molecule has 1 N–H and O–H groups in total. The summed E-state index contributed by atoms with van der Waals surface area (Å²) in [6.45, 7) is 1.10. The summed E-state index contributed by atoms with van der Waals surface area (Å²) in [5.41, 5.74) is 0.385. The summed E-state index contributed by atoms with van der Waals surface area (Å²) in [6.07, 6.45) is 1.65. The molecule has 7 heteroatoms. The van der Waals surface area contributed by atoms with Crippen LogP contribution in [-0.4, -0.2) is 60.9 Å². The molecule has 0 fully saturated rings. The number of esters is 1. The Morgan fingerprint density at radius 2 is 2.17 bits per heavy atom. The zero-order valence-electron chi connectivity index (χ0n) is 10.5. The fraction of sp³-hybridized carbons (Fsp3) is 0.545. The van der Waals surface area contributed by atoms with E-state index in [0.29, 0.717) is 18.8 Å². The van der Waals surface area contributed by atoms with Gasteiger partial charge in [0.25, 0.3) is 5.91 Å². The van der Waals surface area contributed by atoms with Gasteiger partial charge < -0.3 is 14.4 Å². The van der Waals surface area contributed by atoms with Gasteiger partial charge in [0.15, 0.2) is 0 Å². The van der Waals surface area contributed by atoms with Crippen molar-refractivity contribution in [2.75, 3.05) is 33.9 Å². The number of aromatic nitrogens is 2. The van der Waals surface area contributed by atoms with Crippen LogP contribution in [0.15, 0.2) is 12.3 Å². The second-order valence-corrected chi connectivity index (χ2v) is 3.58. The molecule has 0 spiro atoms. The number of nitrogens with zero attached hydrogens (tertiary/aromatic N) is 2. The highest BCUT2D eigenvalue weighted by molar-refractivity contribution is 5.92. The largest absolute Gasteiger partial charge is 0.469 e. The summed E-state index contributed by atoms with van der Waals surface area (Å²) in [7, 11) is 2.87. The lowest BCUT2D eigenvalue weighted by atomic mass is 10.3. The minimum Gasteiger partial charge on any atom is -0.469 e. The number of ether oxygens (including phenoxy) is 2. The van der Waals surface area contributed by atoms with Crippen molar-refractivity contribution in [2.45, 2.75) is 6.42 Å². The van der Waals surface area contributed by atoms with Crippen LogP contribution in [0.5, 0.6) is 0 Å². The van der Waals surface area contributed by atoms with Gasteiger partial charge in [-0.1, -0.05) is 0 Å². The third kappa shape index (κ3) is 4.17. The van der Waals surface area contributed by atoms with Crippen LogP contribution in [0.3, 0.4) is 0 Å². The molecule has 1 rings (SSSR count). The van der Waals surface area contributed by atoms with Crippen molar-refractivity contribution in [3.8, 4) is 0 Å². The first-order valence-electron chi connectivity index (χ1n) is 5.53. The molecule has 1 heterocycles. The van der Waals surface area contributed by atoms with Gasteiger partial charge in [0.05, 0.1) is 20.1 Å². The highest BCUT2D eigenvalue weighted by Crippen LogP contribution is 2.02. The Balaban J connectivity index is 2.59. The molecular weight excluding hydrogens is 238 g/mol. The molecule has 0 unspecified atom stereocenters. The molecule has 100 valence electrons. The van der Waals surface area contributed by atoms with E-state index in [1.807, 2.05) is 0 Å². The van der Waals surface area contributed by atoms with Gasteiger partial charge in [-0.3, -0.25) is 14.7 Å². The first-order valence-corrected chi connectivity index (χ1v) is 5.53. The zero-order chi connectivity index (χ0) is 13.4. The van der Waals surface area contributed by atoms with Gasteiger partial charge >= 0.3 is 5.97 Å². The molecule has 0 aliphatic rings. The third-order valence-electron chi connectivity index (χ3n) is 2.40. The van der Waals surface area contributed by atoms with Crippen molar-refractivity contribution >= 4 is 11.9 Å². The lowest BCUT2D eigenvalue weighted by Crippen LogP contribution is -2.36. The molecule has 0 aromatic carbocycles. The van der Waals surface area contributed by atoms with Crippen LogP contribution in [-0.2, 0) is 14.3 Å². The Hall–Kier alpha value is -1.89. The number of carbonyl (C=O) groups is 2. The first kappa shape index (κ1) is 14.2. The van der Waals surface area contributed by atoms with Gasteiger partial charge in [0.2, 0.25) is 0 Å². The van der Waals surface area contributed by atoms with Gasteiger partial charge in [-0.25, -0.2) is 0 Å². The lowest BCUT2D eigenvalue weighted by Gasteiger charge is -2.21. The number of H-pyrrole nitrogens is 1. The maximum atomic E-state index is 12.1. The fourth-order valence-electron chi connectivity index (χ4n) is 1.39. The normalized spacial score (nSPS) is 10.1. The Labute approximate surface area is 105 Å². The molecule has 7 nitrogen and oxygen atoms in total. The number of aromatic amines is 1. The second kappa shape index (κ2) is 7.44. The van der Waals surface area contributed by atoms with E-state index in [9.17, 15) is 9.59 Å². The van der Waals surface area contributed by atoms with Gasteiger partial charge in [-0.15, -0.1) is 0 Å². The number of methoxy groups -OCH3 is 2. The van der Waals surface area contributed by atoms with Crippen molar-refractivity contribution in [3.05, 3.63) is 18.0 Å². The monoisotopic (exact) mass is 255 g/mol. The molecule has 0 bridgehead atoms. The summed E-state index contributed by atoms with van der Waals surface area (Å²) >= 11 is 0. The zero-order valence-corrected chi connectivity index (χ0v) is 10.5. The second-order valence-electron chi connectivity index (χ2n) is 3.58. The van der Waals surface area contributed by atoms with E-state index in [1.54, 1.807) is 13.2 Å². The van der Waals surface area contributed by atoms with E-state index in [0.717, 1.165) is 0 Å². The summed E-state index contributed by atoms with van der Waals surface area (Å²) in [4.78, 5) is 24.7. The Morgan fingerprint density at radius 1 is 1.39 bits per heavy atom. The van der Waals surface area contributed by atoms with Gasteiger partial charge in [-0.05, 0) is 6.07 Å². The van der Waals surface area contributed by atoms with Crippen LogP contribution in [0.1, 0.15) is 16.9 Å². The van der Waals surface area contributed by atoms with E-state index in [-0.39, 0.29) is 24.8 Å². The summed E-state index contributed by atoms with van der Waals surface area (Å²) in [5, 5.41) is 6.32. The molecule has 0 saturated carbocycles. The Morgan fingerprint density at radius 3 is 2.72 bits per heavy atom. The highest BCUT2D eigenvalue weighted by Gasteiger charge is 2.17. The quantitative estimate of drug-likeness (QED) is 0.696. The van der Waals surface area contributed by atoms with E-state index in [4.69, 9.17) is 4.74 Å². The number of nitrogens with one attached hydrogen (secondary N) is 1. The summed E-state index contributed by atoms with van der Waals surface area (Å²) in [6, 6.07) is 1.58. The van der Waals surface area contributed by atoms with Crippen LogP contribution < -0.4 is 0 Å². The maximum Gasteiger partial charge on any atom is 0.307 e. The fourth-order valence-corrected chi connectivity index (χ4v) is 1.39. The van der Waals surface area contributed by atoms with Crippen LogP contribution >= 0.6 is 0 Å². The van der Waals surface area contributed by atoms with Crippen molar-refractivity contribution < 1.29 is 19.1 Å². The van der Waals surface area contributed by atoms with Crippen LogP contribution in [0.25, 0.3) is 0 Å². The minimum absolute atomic E-state index is 0.153. The molecule has 1 aromatic heterocycles. The van der Waals surface area contributed by atoms with Crippen molar-refractivity contribution in [3.63, 3.8) is 0 Å². The number of hydrogen-bond donors (Lipinski definition) is 1. The molecule has 0 radical (unpaired) electrons. The maximum absolute atomic E-state index is 12.1. The molecule has 0 atom stereocenters. The molecule has 18 heavy (non-hydrogen) atoms. The van der Waals surface area contributed by atoms with Crippen molar-refractivity contribution in [1.29, 1.82) is 0 Å². The van der Waals surface area contributed by atoms with Gasteiger partial charge in [-0.2, -0.15) is 5.10 Å². The van der Waals surface area contributed by atoms with Gasteiger partial charge in [0.1, 0.15) is 5.69 Å². The van der Waals surface area contributed by atoms with Crippen molar-refractivity contribution in [2.24, 2.45) is 0 Å².